The van der Waals surface area contributed by atoms with Crippen LogP contribution in [0.1, 0.15) is 26.7 Å². The Bertz CT molecular complexity index is 434. The molecule has 2 aliphatic rings. The Morgan fingerprint density at radius 2 is 2.10 bits per heavy atom. The highest BCUT2D eigenvalue weighted by atomic mass is 32.2. The minimum Gasteiger partial charge on any atom is -0.377 e. The molecule has 0 amide bonds. The van der Waals surface area contributed by atoms with Gasteiger partial charge in [-0.25, -0.2) is 0 Å². The van der Waals surface area contributed by atoms with E-state index in [1.807, 2.05) is 11.8 Å². The van der Waals surface area contributed by atoms with Crippen LogP contribution in [0.3, 0.4) is 0 Å². The second kappa shape index (κ2) is 6.08. The Hall–Kier alpha value is -0.510. The highest BCUT2D eigenvalue weighted by molar-refractivity contribution is 7.99. The van der Waals surface area contributed by atoms with Crippen molar-refractivity contribution in [3.05, 3.63) is 30.3 Å². The van der Waals surface area contributed by atoms with E-state index < -0.39 is 0 Å². The van der Waals surface area contributed by atoms with Crippen molar-refractivity contribution in [2.75, 3.05) is 18.9 Å². The molecule has 110 valence electrons. The van der Waals surface area contributed by atoms with Crippen LogP contribution in [0.4, 0.5) is 0 Å². The van der Waals surface area contributed by atoms with E-state index in [1.165, 1.54) is 17.7 Å². The highest BCUT2D eigenvalue weighted by Gasteiger charge is 2.57. The molecule has 0 radical (unpaired) electrons. The molecule has 1 N–H and O–H groups in total. The molecule has 1 aromatic carbocycles. The minimum absolute atomic E-state index is 0.294. The largest absolute Gasteiger partial charge is 0.377 e. The third-order valence-corrected chi connectivity index (χ3v) is 5.82. The molecule has 0 bridgehead atoms. The van der Waals surface area contributed by atoms with Crippen LogP contribution in [0, 0.1) is 11.3 Å². The summed E-state index contributed by atoms with van der Waals surface area (Å²) in [6.07, 6.45) is 3.04. The Labute approximate surface area is 126 Å². The van der Waals surface area contributed by atoms with Gasteiger partial charge >= 0.3 is 0 Å². The molecule has 3 heteroatoms. The minimum atomic E-state index is 0.294. The molecule has 2 fully saturated rings. The maximum atomic E-state index is 5.95. The molecule has 1 aromatic rings. The summed E-state index contributed by atoms with van der Waals surface area (Å²) in [5.74, 6) is 1.87. The monoisotopic (exact) mass is 291 g/mol. The van der Waals surface area contributed by atoms with Crippen LogP contribution in [0.15, 0.2) is 35.2 Å². The fourth-order valence-electron chi connectivity index (χ4n) is 3.84. The molecule has 3 atom stereocenters. The molecule has 3 unspecified atom stereocenters. The van der Waals surface area contributed by atoms with Gasteiger partial charge in [0.1, 0.15) is 0 Å². The molecule has 20 heavy (non-hydrogen) atoms. The summed E-state index contributed by atoms with van der Waals surface area (Å²) >= 11 is 1.93. The molecule has 3 rings (SSSR count). The SMILES string of the molecule is CC1(C)C(NCCSc2ccccc2)C2CCCOC21. The van der Waals surface area contributed by atoms with Crippen molar-refractivity contribution < 1.29 is 4.74 Å². The summed E-state index contributed by atoms with van der Waals surface area (Å²) in [7, 11) is 0. The van der Waals surface area contributed by atoms with Crippen LogP contribution in [0.25, 0.3) is 0 Å². The molecular formula is C17H25NOS. The van der Waals surface area contributed by atoms with Crippen molar-refractivity contribution in [3.63, 3.8) is 0 Å². The molecule has 1 aliphatic carbocycles. The van der Waals surface area contributed by atoms with Crippen molar-refractivity contribution in [1.29, 1.82) is 0 Å². The standard InChI is InChI=1S/C17H25NOS/c1-17(2)15(14-9-6-11-19-16(14)17)18-10-12-20-13-7-4-3-5-8-13/h3-5,7-8,14-16,18H,6,9-12H2,1-2H3. The van der Waals surface area contributed by atoms with E-state index in [2.05, 4.69) is 49.5 Å². The highest BCUT2D eigenvalue weighted by Crippen LogP contribution is 2.51. The van der Waals surface area contributed by atoms with E-state index in [0.717, 1.165) is 24.8 Å². The summed E-state index contributed by atoms with van der Waals surface area (Å²) in [5.41, 5.74) is 0.294. The van der Waals surface area contributed by atoms with Gasteiger partial charge in [0, 0.05) is 41.2 Å². The van der Waals surface area contributed by atoms with Crippen LogP contribution in [0.5, 0.6) is 0 Å². The maximum Gasteiger partial charge on any atom is 0.0684 e. The first-order valence-electron chi connectivity index (χ1n) is 7.72. The topological polar surface area (TPSA) is 21.3 Å². The number of fused-ring (bicyclic) bond motifs is 1. The number of hydrogen-bond acceptors (Lipinski definition) is 3. The molecule has 2 nitrogen and oxygen atoms in total. The predicted molar refractivity (Wildman–Crippen MR) is 85.2 cm³/mol. The van der Waals surface area contributed by atoms with Crippen LogP contribution >= 0.6 is 11.8 Å². The lowest BCUT2D eigenvalue weighted by Crippen LogP contribution is -2.69. The van der Waals surface area contributed by atoms with Gasteiger partial charge in [-0.2, -0.15) is 0 Å². The summed E-state index contributed by atoms with van der Waals surface area (Å²) < 4.78 is 5.95. The van der Waals surface area contributed by atoms with Crippen molar-refractivity contribution in [2.45, 2.75) is 43.7 Å². The molecule has 1 heterocycles. The number of benzene rings is 1. The lowest BCUT2D eigenvalue weighted by Gasteiger charge is -2.60. The van der Waals surface area contributed by atoms with Crippen molar-refractivity contribution in [1.82, 2.24) is 5.32 Å². The molecule has 1 saturated carbocycles. The fraction of sp³-hybridized carbons (Fsp3) is 0.647. The molecule has 1 saturated heterocycles. The van der Waals surface area contributed by atoms with Gasteiger partial charge in [0.2, 0.25) is 0 Å². The van der Waals surface area contributed by atoms with Gasteiger partial charge in [0.25, 0.3) is 0 Å². The normalized spacial score (nSPS) is 31.4. The van der Waals surface area contributed by atoms with E-state index in [-0.39, 0.29) is 0 Å². The second-order valence-electron chi connectivity index (χ2n) is 6.51. The lowest BCUT2D eigenvalue weighted by atomic mass is 9.55. The Morgan fingerprint density at radius 1 is 1.30 bits per heavy atom. The average Bonchev–Trinajstić information content (AvgIpc) is 2.48. The Morgan fingerprint density at radius 3 is 2.90 bits per heavy atom. The zero-order valence-electron chi connectivity index (χ0n) is 12.5. The van der Waals surface area contributed by atoms with Crippen LogP contribution in [0.2, 0.25) is 0 Å². The first kappa shape index (κ1) is 14.4. The zero-order chi connectivity index (χ0) is 14.0. The van der Waals surface area contributed by atoms with Gasteiger partial charge in [-0.1, -0.05) is 32.0 Å². The van der Waals surface area contributed by atoms with Gasteiger partial charge < -0.3 is 10.1 Å². The third-order valence-electron chi connectivity index (χ3n) is 4.81. The van der Waals surface area contributed by atoms with Crippen molar-refractivity contribution in [3.8, 4) is 0 Å². The van der Waals surface area contributed by atoms with Gasteiger partial charge in [0.05, 0.1) is 6.10 Å². The van der Waals surface area contributed by atoms with Gasteiger partial charge in [-0.15, -0.1) is 11.8 Å². The summed E-state index contributed by atoms with van der Waals surface area (Å²) in [4.78, 5) is 1.36. The second-order valence-corrected chi connectivity index (χ2v) is 7.68. The molecular weight excluding hydrogens is 266 g/mol. The molecule has 1 aliphatic heterocycles. The number of nitrogens with one attached hydrogen (secondary N) is 1. The van der Waals surface area contributed by atoms with Crippen molar-refractivity contribution in [2.24, 2.45) is 11.3 Å². The number of hydrogen-bond donors (Lipinski definition) is 1. The lowest BCUT2D eigenvalue weighted by molar-refractivity contribution is -0.192. The first-order valence-corrected chi connectivity index (χ1v) is 8.71. The average molecular weight is 291 g/mol. The number of ether oxygens (including phenoxy) is 1. The maximum absolute atomic E-state index is 5.95. The van der Waals surface area contributed by atoms with Crippen LogP contribution in [-0.4, -0.2) is 31.1 Å². The van der Waals surface area contributed by atoms with Gasteiger partial charge in [-0.3, -0.25) is 0 Å². The van der Waals surface area contributed by atoms with Crippen LogP contribution in [-0.2, 0) is 4.74 Å². The molecule has 0 spiro atoms. The van der Waals surface area contributed by atoms with Gasteiger partial charge in [-0.05, 0) is 25.0 Å². The van der Waals surface area contributed by atoms with E-state index in [4.69, 9.17) is 4.74 Å². The Kier molecular flexibility index (Phi) is 4.39. The summed E-state index contributed by atoms with van der Waals surface area (Å²) in [6.45, 7) is 6.74. The molecule has 0 aromatic heterocycles. The first-order chi connectivity index (χ1) is 9.69. The quantitative estimate of drug-likeness (QED) is 0.662. The smallest absolute Gasteiger partial charge is 0.0684 e. The van der Waals surface area contributed by atoms with E-state index in [0.29, 0.717) is 17.6 Å². The van der Waals surface area contributed by atoms with E-state index >= 15 is 0 Å². The number of thioether (sulfide) groups is 1. The summed E-state index contributed by atoms with van der Waals surface area (Å²) in [6, 6.07) is 11.3. The van der Waals surface area contributed by atoms with E-state index in [9.17, 15) is 0 Å². The Balaban J connectivity index is 1.44. The van der Waals surface area contributed by atoms with E-state index in [1.54, 1.807) is 0 Å². The van der Waals surface area contributed by atoms with Crippen molar-refractivity contribution >= 4 is 11.8 Å². The van der Waals surface area contributed by atoms with Gasteiger partial charge in [0.15, 0.2) is 0 Å². The zero-order valence-corrected chi connectivity index (χ0v) is 13.3. The fourth-order valence-corrected chi connectivity index (χ4v) is 4.64. The van der Waals surface area contributed by atoms with Crippen LogP contribution < -0.4 is 5.32 Å². The third kappa shape index (κ3) is 2.76. The predicted octanol–water partition coefficient (Wildman–Crippen LogP) is 3.57. The number of rotatable bonds is 5. The summed E-state index contributed by atoms with van der Waals surface area (Å²) in [5, 5.41) is 3.78.